The molecule has 1 saturated heterocycles. The van der Waals surface area contributed by atoms with Gasteiger partial charge in [0.2, 0.25) is 0 Å². The molecule has 1 N–H and O–H groups in total. The quantitative estimate of drug-likeness (QED) is 0.668. The molecule has 0 aromatic carbocycles. The van der Waals surface area contributed by atoms with E-state index in [4.69, 9.17) is 9.84 Å². The summed E-state index contributed by atoms with van der Waals surface area (Å²) < 4.78 is 5.34. The normalized spacial score (nSPS) is 42.5. The van der Waals surface area contributed by atoms with Crippen molar-refractivity contribution in [3.63, 3.8) is 0 Å². The number of aliphatic hydroxyl groups excluding tert-OH is 1. The predicted molar refractivity (Wildman–Crippen MR) is 47.0 cm³/mol. The van der Waals surface area contributed by atoms with Gasteiger partial charge in [-0.25, -0.2) is 0 Å². The van der Waals surface area contributed by atoms with Gasteiger partial charge in [-0.15, -0.1) is 0 Å². The van der Waals surface area contributed by atoms with Gasteiger partial charge in [-0.2, -0.15) is 0 Å². The van der Waals surface area contributed by atoms with E-state index in [2.05, 4.69) is 0 Å². The van der Waals surface area contributed by atoms with E-state index >= 15 is 0 Å². The maximum Gasteiger partial charge on any atom is 0.309 e. The molecule has 0 bridgehead atoms. The minimum Gasteiger partial charge on any atom is -0.459 e. The molecule has 1 unspecified atom stereocenters. The third kappa shape index (κ3) is 1.26. The second kappa shape index (κ2) is 2.98. The lowest BCUT2D eigenvalue weighted by molar-refractivity contribution is -0.153. The lowest BCUT2D eigenvalue weighted by Gasteiger charge is -2.40. The second-order valence-corrected chi connectivity index (χ2v) is 4.35. The summed E-state index contributed by atoms with van der Waals surface area (Å²) in [6.07, 6.45) is 3.62. The number of carbonyl (C=O) groups is 1. The van der Waals surface area contributed by atoms with Crippen LogP contribution in [0.25, 0.3) is 0 Å². The van der Waals surface area contributed by atoms with Crippen LogP contribution in [0.15, 0.2) is 0 Å². The standard InChI is InChI=1S/C10H16O3/c1-10-5-4-8(10)7(3-2-6-11)9(12)13-10/h7-8,11H,2-6H2,1H3/t7?,8-,10-/m1/s1. The van der Waals surface area contributed by atoms with Gasteiger partial charge in [0.1, 0.15) is 5.60 Å². The summed E-state index contributed by atoms with van der Waals surface area (Å²) in [5, 5.41) is 8.70. The van der Waals surface area contributed by atoms with Crippen LogP contribution in [0.4, 0.5) is 0 Å². The van der Waals surface area contributed by atoms with E-state index in [1.165, 1.54) is 0 Å². The molecule has 1 aliphatic carbocycles. The Balaban J connectivity index is 1.99. The van der Waals surface area contributed by atoms with Crippen molar-refractivity contribution in [2.75, 3.05) is 6.61 Å². The topological polar surface area (TPSA) is 46.5 Å². The molecule has 0 radical (unpaired) electrons. The number of esters is 1. The molecule has 2 aliphatic rings. The monoisotopic (exact) mass is 184 g/mol. The number of carbonyl (C=O) groups excluding carboxylic acids is 1. The van der Waals surface area contributed by atoms with Crippen LogP contribution < -0.4 is 0 Å². The minimum absolute atomic E-state index is 0.0431. The zero-order chi connectivity index (χ0) is 9.47. The smallest absolute Gasteiger partial charge is 0.309 e. The third-order valence-electron chi connectivity index (χ3n) is 3.53. The molecule has 0 aromatic rings. The van der Waals surface area contributed by atoms with Crippen LogP contribution in [0.3, 0.4) is 0 Å². The van der Waals surface area contributed by atoms with Crippen LogP contribution in [0.2, 0.25) is 0 Å². The molecule has 1 saturated carbocycles. The molecule has 0 amide bonds. The first-order chi connectivity index (χ1) is 6.17. The largest absolute Gasteiger partial charge is 0.459 e. The summed E-state index contributed by atoms with van der Waals surface area (Å²) in [6, 6.07) is 0. The molecule has 2 rings (SSSR count). The molecule has 3 atom stereocenters. The molecule has 74 valence electrons. The third-order valence-corrected chi connectivity index (χ3v) is 3.53. The van der Waals surface area contributed by atoms with Crippen LogP contribution in [0.1, 0.15) is 32.6 Å². The van der Waals surface area contributed by atoms with Crippen molar-refractivity contribution in [1.29, 1.82) is 0 Å². The summed E-state index contributed by atoms with van der Waals surface area (Å²) in [5.41, 5.74) is -0.156. The summed E-state index contributed by atoms with van der Waals surface area (Å²) in [5.74, 6) is 0.441. The van der Waals surface area contributed by atoms with E-state index in [1.54, 1.807) is 0 Å². The highest BCUT2D eigenvalue weighted by molar-refractivity contribution is 5.76. The van der Waals surface area contributed by atoms with E-state index in [-0.39, 0.29) is 24.1 Å². The van der Waals surface area contributed by atoms with Gasteiger partial charge in [-0.3, -0.25) is 4.79 Å². The van der Waals surface area contributed by atoms with Gasteiger partial charge in [0.15, 0.2) is 0 Å². The van der Waals surface area contributed by atoms with Gasteiger partial charge in [0.05, 0.1) is 5.92 Å². The van der Waals surface area contributed by atoms with Crippen molar-refractivity contribution in [2.24, 2.45) is 11.8 Å². The van der Waals surface area contributed by atoms with Crippen molar-refractivity contribution >= 4 is 5.97 Å². The predicted octanol–water partition coefficient (Wildman–Crippen LogP) is 1.10. The average Bonchev–Trinajstić information content (AvgIpc) is 2.23. The Bertz CT molecular complexity index is 226. The van der Waals surface area contributed by atoms with Crippen molar-refractivity contribution in [2.45, 2.75) is 38.2 Å². The van der Waals surface area contributed by atoms with Crippen LogP contribution >= 0.6 is 0 Å². The molecule has 1 heterocycles. The van der Waals surface area contributed by atoms with Gasteiger partial charge in [0, 0.05) is 12.5 Å². The fourth-order valence-corrected chi connectivity index (χ4v) is 2.57. The molecule has 13 heavy (non-hydrogen) atoms. The Labute approximate surface area is 78.1 Å². The average molecular weight is 184 g/mol. The van der Waals surface area contributed by atoms with Crippen molar-refractivity contribution in [3.8, 4) is 0 Å². The zero-order valence-electron chi connectivity index (χ0n) is 7.95. The Kier molecular flexibility index (Phi) is 2.06. The Hall–Kier alpha value is -0.570. The van der Waals surface area contributed by atoms with Crippen LogP contribution in [-0.2, 0) is 9.53 Å². The lowest BCUT2D eigenvalue weighted by Crippen LogP contribution is -2.43. The van der Waals surface area contributed by atoms with E-state index < -0.39 is 0 Å². The van der Waals surface area contributed by atoms with Crippen LogP contribution in [0.5, 0.6) is 0 Å². The Morgan fingerprint density at radius 3 is 2.92 bits per heavy atom. The summed E-state index contributed by atoms with van der Waals surface area (Å²) >= 11 is 0. The highest BCUT2D eigenvalue weighted by Gasteiger charge is 2.57. The van der Waals surface area contributed by atoms with E-state index in [1.807, 2.05) is 6.92 Å². The van der Waals surface area contributed by atoms with E-state index in [0.29, 0.717) is 12.3 Å². The van der Waals surface area contributed by atoms with Gasteiger partial charge >= 0.3 is 5.97 Å². The van der Waals surface area contributed by atoms with Crippen LogP contribution in [-0.4, -0.2) is 23.3 Å². The van der Waals surface area contributed by atoms with Crippen LogP contribution in [0, 0.1) is 11.8 Å². The maximum atomic E-state index is 11.4. The number of aliphatic hydroxyl groups is 1. The van der Waals surface area contributed by atoms with Crippen molar-refractivity contribution < 1.29 is 14.6 Å². The number of fused-ring (bicyclic) bond motifs is 1. The molecule has 3 heteroatoms. The van der Waals surface area contributed by atoms with Crippen molar-refractivity contribution in [3.05, 3.63) is 0 Å². The fourth-order valence-electron chi connectivity index (χ4n) is 2.57. The van der Waals surface area contributed by atoms with Gasteiger partial charge in [-0.1, -0.05) is 0 Å². The maximum absolute atomic E-state index is 11.4. The Morgan fingerprint density at radius 1 is 1.69 bits per heavy atom. The number of hydrogen-bond acceptors (Lipinski definition) is 3. The SMILES string of the molecule is C[C@@]12CC[C@@H]1C(CCCO)C(=O)O2. The Morgan fingerprint density at radius 2 is 2.46 bits per heavy atom. The van der Waals surface area contributed by atoms with E-state index in [0.717, 1.165) is 19.3 Å². The molecule has 3 nitrogen and oxygen atoms in total. The number of ether oxygens (including phenoxy) is 1. The van der Waals surface area contributed by atoms with E-state index in [9.17, 15) is 4.79 Å². The summed E-state index contributed by atoms with van der Waals surface area (Å²) in [6.45, 7) is 2.20. The first-order valence-electron chi connectivity index (χ1n) is 5.01. The molecule has 1 aliphatic heterocycles. The van der Waals surface area contributed by atoms with Gasteiger partial charge in [-0.05, 0) is 32.6 Å². The highest BCUT2D eigenvalue weighted by atomic mass is 16.6. The van der Waals surface area contributed by atoms with Crippen molar-refractivity contribution in [1.82, 2.24) is 0 Å². The first-order valence-corrected chi connectivity index (χ1v) is 5.01. The highest BCUT2D eigenvalue weighted by Crippen LogP contribution is 2.52. The molecular formula is C10H16O3. The molecule has 0 aromatic heterocycles. The zero-order valence-corrected chi connectivity index (χ0v) is 7.95. The van der Waals surface area contributed by atoms with Gasteiger partial charge in [0.25, 0.3) is 0 Å². The molecule has 0 spiro atoms. The number of hydrogen-bond donors (Lipinski definition) is 1. The fraction of sp³-hybridized carbons (Fsp3) is 0.900. The van der Waals surface area contributed by atoms with Gasteiger partial charge < -0.3 is 9.84 Å². The molecular weight excluding hydrogens is 168 g/mol. The number of rotatable bonds is 3. The lowest BCUT2D eigenvalue weighted by atomic mass is 9.66. The summed E-state index contributed by atoms with van der Waals surface area (Å²) in [4.78, 5) is 11.4. The molecule has 2 fully saturated rings. The second-order valence-electron chi connectivity index (χ2n) is 4.35. The minimum atomic E-state index is -0.156. The first kappa shape index (κ1) is 9.00. The summed E-state index contributed by atoms with van der Waals surface area (Å²) in [7, 11) is 0.